The van der Waals surface area contributed by atoms with Crippen LogP contribution in [0.1, 0.15) is 12.5 Å². The third kappa shape index (κ3) is 3.91. The molecule has 2 heterocycles. The Morgan fingerprint density at radius 2 is 2.12 bits per heavy atom. The summed E-state index contributed by atoms with van der Waals surface area (Å²) in [4.78, 5) is 21.9. The maximum absolute atomic E-state index is 12.2. The lowest BCUT2D eigenvalue weighted by molar-refractivity contribution is -0.120. The summed E-state index contributed by atoms with van der Waals surface area (Å²) in [6, 6.07) is 8.42. The molecule has 0 aliphatic carbocycles. The van der Waals surface area contributed by atoms with E-state index in [9.17, 15) is 4.79 Å². The summed E-state index contributed by atoms with van der Waals surface area (Å²) < 4.78 is 0. The molecule has 2 aromatic heterocycles. The summed E-state index contributed by atoms with van der Waals surface area (Å²) in [5.41, 5.74) is 3.47. The summed E-state index contributed by atoms with van der Waals surface area (Å²) in [6.45, 7) is 8.05. The van der Waals surface area contributed by atoms with Crippen LogP contribution in [0, 0.1) is 6.92 Å². The molecule has 0 saturated carbocycles. The molecule has 0 radical (unpaired) electrons. The Hall–Kier alpha value is -2.18. The highest BCUT2D eigenvalue weighted by Gasteiger charge is 2.19. The Morgan fingerprint density at radius 3 is 2.84 bits per heavy atom. The lowest BCUT2D eigenvalue weighted by Crippen LogP contribution is -2.30. The fourth-order valence-electron chi connectivity index (χ4n) is 2.42. The molecule has 0 unspecified atom stereocenters. The number of aryl methyl sites for hydroxylation is 1. The number of hydrogen-bond donors (Lipinski definition) is 1. The minimum atomic E-state index is -0.246. The molecule has 1 amide bonds. The molecule has 1 N–H and O–H groups in total. The molecule has 3 rings (SSSR count). The van der Waals surface area contributed by atoms with Crippen LogP contribution in [0.3, 0.4) is 0 Å². The second-order valence-corrected chi connectivity index (χ2v) is 7.86. The molecule has 4 nitrogen and oxygen atoms in total. The number of fused-ring (bicyclic) bond motifs is 1. The van der Waals surface area contributed by atoms with E-state index in [0.717, 1.165) is 26.4 Å². The summed E-state index contributed by atoms with van der Waals surface area (Å²) >= 11 is 3.06. The Balaban J connectivity index is 1.96. The SMILES string of the molecule is C=CCNC(=O)[C@@H](C)Sc1ncnc2scc(-c3ccc(C)cc3)c12. The normalized spacial score (nSPS) is 12.1. The molecule has 128 valence electrons. The number of carbonyl (C=O) groups excluding carboxylic acids is 1. The minimum absolute atomic E-state index is 0.0243. The van der Waals surface area contributed by atoms with Gasteiger partial charge in [0.25, 0.3) is 0 Å². The van der Waals surface area contributed by atoms with E-state index in [4.69, 9.17) is 0 Å². The van der Waals surface area contributed by atoms with Crippen LogP contribution in [0.4, 0.5) is 0 Å². The number of thioether (sulfide) groups is 1. The third-order valence-electron chi connectivity index (χ3n) is 3.78. The number of aromatic nitrogens is 2. The highest BCUT2D eigenvalue weighted by Crippen LogP contribution is 2.38. The molecular weight excluding hydrogens is 350 g/mol. The van der Waals surface area contributed by atoms with Crippen molar-refractivity contribution in [3.05, 3.63) is 54.2 Å². The van der Waals surface area contributed by atoms with Crippen LogP contribution in [0.2, 0.25) is 0 Å². The number of amides is 1. The number of rotatable bonds is 6. The molecule has 0 fully saturated rings. The van der Waals surface area contributed by atoms with Gasteiger partial charge in [-0.2, -0.15) is 0 Å². The van der Waals surface area contributed by atoms with Crippen LogP contribution >= 0.6 is 23.1 Å². The van der Waals surface area contributed by atoms with Gasteiger partial charge in [-0.1, -0.05) is 47.7 Å². The van der Waals surface area contributed by atoms with Crippen LogP contribution in [-0.2, 0) is 4.79 Å². The smallest absolute Gasteiger partial charge is 0.233 e. The molecule has 0 spiro atoms. The number of thiophene rings is 1. The number of benzene rings is 1. The number of nitrogens with one attached hydrogen (secondary N) is 1. The van der Waals surface area contributed by atoms with Crippen molar-refractivity contribution in [2.75, 3.05) is 6.54 Å². The molecule has 1 atom stereocenters. The maximum atomic E-state index is 12.2. The first-order valence-corrected chi connectivity index (χ1v) is 9.70. The van der Waals surface area contributed by atoms with Crippen LogP contribution in [0.15, 0.2) is 53.7 Å². The predicted octanol–water partition coefficient (Wildman–Crippen LogP) is 4.45. The molecule has 0 aliphatic heterocycles. The van der Waals surface area contributed by atoms with Crippen molar-refractivity contribution in [3.63, 3.8) is 0 Å². The first kappa shape index (κ1) is 17.6. The quantitative estimate of drug-likeness (QED) is 0.396. The van der Waals surface area contributed by atoms with Gasteiger partial charge in [0.1, 0.15) is 16.2 Å². The molecular formula is C19H19N3OS2. The van der Waals surface area contributed by atoms with E-state index in [1.165, 1.54) is 17.3 Å². The first-order valence-electron chi connectivity index (χ1n) is 7.94. The topological polar surface area (TPSA) is 54.9 Å². The predicted molar refractivity (Wildman–Crippen MR) is 106 cm³/mol. The van der Waals surface area contributed by atoms with Crippen LogP contribution in [-0.4, -0.2) is 27.7 Å². The zero-order chi connectivity index (χ0) is 17.8. The van der Waals surface area contributed by atoms with E-state index in [2.05, 4.69) is 58.4 Å². The van der Waals surface area contributed by atoms with Gasteiger partial charge >= 0.3 is 0 Å². The van der Waals surface area contributed by atoms with E-state index in [-0.39, 0.29) is 11.2 Å². The van der Waals surface area contributed by atoms with Crippen molar-refractivity contribution < 1.29 is 4.79 Å². The Kier molecular flexibility index (Phi) is 5.50. The number of hydrogen-bond acceptors (Lipinski definition) is 5. The second kappa shape index (κ2) is 7.80. The molecule has 3 aromatic rings. The Bertz CT molecular complexity index is 903. The van der Waals surface area contributed by atoms with Gasteiger partial charge in [0.15, 0.2) is 0 Å². The molecule has 6 heteroatoms. The zero-order valence-corrected chi connectivity index (χ0v) is 15.8. The minimum Gasteiger partial charge on any atom is -0.352 e. The largest absolute Gasteiger partial charge is 0.352 e. The maximum Gasteiger partial charge on any atom is 0.233 e. The lowest BCUT2D eigenvalue weighted by atomic mass is 10.1. The van der Waals surface area contributed by atoms with Crippen LogP contribution < -0.4 is 5.32 Å². The van der Waals surface area contributed by atoms with Crippen LogP contribution in [0.25, 0.3) is 21.3 Å². The van der Waals surface area contributed by atoms with E-state index in [1.54, 1.807) is 23.7 Å². The van der Waals surface area contributed by atoms with Crippen LogP contribution in [0.5, 0.6) is 0 Å². The zero-order valence-electron chi connectivity index (χ0n) is 14.2. The number of carbonyl (C=O) groups is 1. The van der Waals surface area contributed by atoms with Gasteiger partial charge in [0.05, 0.1) is 10.6 Å². The van der Waals surface area contributed by atoms with Crippen molar-refractivity contribution >= 4 is 39.2 Å². The van der Waals surface area contributed by atoms with Gasteiger partial charge in [-0.05, 0) is 19.4 Å². The monoisotopic (exact) mass is 369 g/mol. The molecule has 0 aliphatic rings. The average Bonchev–Trinajstić information content (AvgIpc) is 3.05. The lowest BCUT2D eigenvalue weighted by Gasteiger charge is -2.11. The summed E-state index contributed by atoms with van der Waals surface area (Å²) in [5.74, 6) is -0.0243. The number of nitrogens with zero attached hydrogens (tertiary/aromatic N) is 2. The average molecular weight is 370 g/mol. The fourth-order valence-corrected chi connectivity index (χ4v) is 4.36. The van der Waals surface area contributed by atoms with Crippen molar-refractivity contribution in [1.82, 2.24) is 15.3 Å². The van der Waals surface area contributed by atoms with Gasteiger partial charge < -0.3 is 5.32 Å². The molecule has 0 bridgehead atoms. The van der Waals surface area contributed by atoms with Gasteiger partial charge in [-0.15, -0.1) is 17.9 Å². The summed E-state index contributed by atoms with van der Waals surface area (Å²) in [6.07, 6.45) is 3.24. The second-order valence-electron chi connectivity index (χ2n) is 5.67. The third-order valence-corrected chi connectivity index (χ3v) is 5.76. The highest BCUT2D eigenvalue weighted by atomic mass is 32.2. The van der Waals surface area contributed by atoms with E-state index >= 15 is 0 Å². The van der Waals surface area contributed by atoms with E-state index in [0.29, 0.717) is 6.54 Å². The van der Waals surface area contributed by atoms with Crippen molar-refractivity contribution in [2.24, 2.45) is 0 Å². The summed E-state index contributed by atoms with van der Waals surface area (Å²) in [5, 5.41) is 6.54. The Morgan fingerprint density at radius 1 is 1.36 bits per heavy atom. The van der Waals surface area contributed by atoms with E-state index < -0.39 is 0 Å². The van der Waals surface area contributed by atoms with Gasteiger partial charge in [0, 0.05) is 17.5 Å². The van der Waals surface area contributed by atoms with Crippen molar-refractivity contribution in [1.29, 1.82) is 0 Å². The van der Waals surface area contributed by atoms with E-state index in [1.807, 2.05) is 6.92 Å². The fraction of sp³-hybridized carbons (Fsp3) is 0.211. The first-order chi connectivity index (χ1) is 12.1. The van der Waals surface area contributed by atoms with Gasteiger partial charge in [-0.3, -0.25) is 4.79 Å². The van der Waals surface area contributed by atoms with Gasteiger partial charge in [0.2, 0.25) is 5.91 Å². The van der Waals surface area contributed by atoms with Crippen molar-refractivity contribution in [3.8, 4) is 11.1 Å². The molecule has 1 aromatic carbocycles. The molecule has 25 heavy (non-hydrogen) atoms. The highest BCUT2D eigenvalue weighted by molar-refractivity contribution is 8.00. The van der Waals surface area contributed by atoms with Gasteiger partial charge in [-0.25, -0.2) is 9.97 Å². The molecule has 0 saturated heterocycles. The van der Waals surface area contributed by atoms with Crippen molar-refractivity contribution in [2.45, 2.75) is 24.1 Å². The standard InChI is InChI=1S/C19H19N3OS2/c1-4-9-20-17(23)13(3)25-19-16-15(10-24-18(16)21-11-22-19)14-7-5-12(2)6-8-14/h4-8,10-11,13H,1,9H2,2-3H3,(H,20,23)/t13-/m1/s1. The summed E-state index contributed by atoms with van der Waals surface area (Å²) in [7, 11) is 0. The Labute approximate surface area is 155 Å².